The van der Waals surface area contributed by atoms with Crippen LogP contribution in [0.5, 0.6) is 5.88 Å². The number of aromatic nitrogens is 3. The average molecular weight is 919 g/mol. The lowest BCUT2D eigenvalue weighted by molar-refractivity contribution is -0.142. The van der Waals surface area contributed by atoms with Crippen molar-refractivity contribution in [3.05, 3.63) is 82.3 Å². The van der Waals surface area contributed by atoms with E-state index in [1.54, 1.807) is 29.6 Å². The van der Waals surface area contributed by atoms with E-state index in [2.05, 4.69) is 25.0 Å². The highest BCUT2D eigenvalue weighted by Gasteiger charge is 2.61. The third-order valence-electron chi connectivity index (χ3n) is 12.7. The number of carbonyl (C=O) groups excluding carboxylic acids is 4. The van der Waals surface area contributed by atoms with Crippen molar-refractivity contribution in [3.8, 4) is 17.3 Å². The molecule has 2 aliphatic carbocycles. The molecule has 2 aromatic carbocycles. The Morgan fingerprint density at radius 1 is 1.02 bits per heavy atom. The van der Waals surface area contributed by atoms with E-state index in [0.29, 0.717) is 53.6 Å². The van der Waals surface area contributed by atoms with Gasteiger partial charge in [-0.15, -0.1) is 11.3 Å². The molecule has 2 N–H and O–H groups in total. The van der Waals surface area contributed by atoms with Crippen LogP contribution in [0.15, 0.2) is 70.5 Å². The molecule has 0 radical (unpaired) electrons. The minimum Gasteiger partial charge on any atom is -0.470 e. The average Bonchev–Trinajstić information content (AvgIpc) is 4.10. The predicted molar refractivity (Wildman–Crippen MR) is 229 cm³/mol. The summed E-state index contributed by atoms with van der Waals surface area (Å²) in [6, 6.07) is 10.4. The molecule has 3 amide bonds. The highest BCUT2D eigenvalue weighted by Crippen LogP contribution is 2.57. The van der Waals surface area contributed by atoms with E-state index in [4.69, 9.17) is 9.15 Å². The number of carbonyl (C=O) groups is 4. The minimum absolute atomic E-state index is 0.0186. The quantitative estimate of drug-likeness (QED) is 0.143. The summed E-state index contributed by atoms with van der Waals surface area (Å²) in [5.74, 6) is -2.86. The van der Waals surface area contributed by atoms with E-state index in [1.165, 1.54) is 35.4 Å². The van der Waals surface area contributed by atoms with Crippen LogP contribution in [-0.2, 0) is 37.0 Å². The van der Waals surface area contributed by atoms with E-state index in [1.807, 2.05) is 12.2 Å². The first kappa shape index (κ1) is 43.6. The van der Waals surface area contributed by atoms with Gasteiger partial charge >= 0.3 is 6.18 Å². The summed E-state index contributed by atoms with van der Waals surface area (Å²) >= 11 is 1.26. The van der Waals surface area contributed by atoms with Crippen molar-refractivity contribution in [1.29, 1.82) is 0 Å². The van der Waals surface area contributed by atoms with E-state index in [0.717, 1.165) is 25.0 Å². The van der Waals surface area contributed by atoms with Crippen LogP contribution in [0.1, 0.15) is 85.3 Å². The zero-order valence-electron chi connectivity index (χ0n) is 34.7. The Morgan fingerprint density at radius 3 is 2.55 bits per heavy atom. The van der Waals surface area contributed by atoms with Crippen LogP contribution < -0.4 is 14.8 Å². The molecule has 0 spiro atoms. The molecular formula is C45H45F3N6O8S2. The largest absolute Gasteiger partial charge is 0.470 e. The molecule has 3 aromatic heterocycles. The molecule has 5 atom stereocenters. The van der Waals surface area contributed by atoms with Crippen molar-refractivity contribution in [2.45, 2.75) is 94.2 Å². The van der Waals surface area contributed by atoms with E-state index < -0.39 is 62.2 Å². The summed E-state index contributed by atoms with van der Waals surface area (Å²) in [7, 11) is -2.42. The van der Waals surface area contributed by atoms with Crippen molar-refractivity contribution < 1.29 is 49.9 Å². The molecule has 19 heteroatoms. The molecule has 4 aliphatic rings. The van der Waals surface area contributed by atoms with E-state index in [9.17, 15) is 40.8 Å². The Bertz CT molecular complexity index is 2790. The van der Waals surface area contributed by atoms with Crippen molar-refractivity contribution >= 4 is 66.9 Å². The molecule has 64 heavy (non-hydrogen) atoms. The molecule has 0 unspecified atom stereocenters. The normalized spacial score (nSPS) is 25.0. The number of hydrogen-bond donors (Lipinski definition) is 2. The molecular weight excluding hydrogens is 874 g/mol. The Morgan fingerprint density at radius 2 is 1.80 bits per heavy atom. The number of nitrogens with one attached hydrogen (secondary N) is 2. The second-order valence-electron chi connectivity index (χ2n) is 17.1. The zero-order chi connectivity index (χ0) is 45.0. The maximum absolute atomic E-state index is 15.0. The number of benzene rings is 2. The van der Waals surface area contributed by atoms with Crippen LogP contribution in [0.3, 0.4) is 0 Å². The van der Waals surface area contributed by atoms with Gasteiger partial charge in [0.25, 0.3) is 11.8 Å². The Kier molecular flexibility index (Phi) is 11.6. The van der Waals surface area contributed by atoms with E-state index in [-0.39, 0.29) is 78.5 Å². The molecule has 336 valence electrons. The summed E-state index contributed by atoms with van der Waals surface area (Å²) in [5, 5.41) is 4.72. The molecule has 5 heterocycles. The fraction of sp³-hybridized carbons (Fsp3) is 0.444. The summed E-state index contributed by atoms with van der Waals surface area (Å²) in [4.78, 5) is 71.4. The van der Waals surface area contributed by atoms with Crippen molar-refractivity contribution in [2.24, 2.45) is 17.3 Å². The SMILES string of the molecule is CNC(=O)c1csc(C[C@H]2CCCCC/C=C\[C@@H]3C[C@@]3(C(=O)NS(=O)(=O)C3CC3)CC(=O)[C@@H]3C[C@@H](Oc4nc(-c5ccc(C(F)(F)F)cc5)nc5c4oc4ccccc45)CN3C2=O)n1. The number of Topliss-reactive ketones (excluding diaryl/α,β-unsaturated/α-hetero) is 1. The fourth-order valence-corrected chi connectivity index (χ4v) is 11.2. The second kappa shape index (κ2) is 17.0. The number of thiazole rings is 1. The molecule has 14 nitrogen and oxygen atoms in total. The smallest absolute Gasteiger partial charge is 0.416 e. The van der Waals surface area contributed by atoms with Crippen molar-refractivity contribution in [1.82, 2.24) is 29.9 Å². The summed E-state index contributed by atoms with van der Waals surface area (Å²) < 4.78 is 81.6. The molecule has 3 fully saturated rings. The number of alkyl halides is 3. The second-order valence-corrected chi connectivity index (χ2v) is 20.0. The van der Waals surface area contributed by atoms with Crippen LogP contribution in [-0.4, -0.2) is 82.8 Å². The molecule has 2 aliphatic heterocycles. The number of allylic oxidation sites excluding steroid dienone is 2. The van der Waals surface area contributed by atoms with Gasteiger partial charge in [-0.2, -0.15) is 18.2 Å². The zero-order valence-corrected chi connectivity index (χ0v) is 36.4. The van der Waals surface area contributed by atoms with Gasteiger partial charge in [0.15, 0.2) is 11.6 Å². The maximum atomic E-state index is 15.0. The molecule has 5 aromatic rings. The Labute approximate surface area is 370 Å². The van der Waals surface area contributed by atoms with Crippen LogP contribution in [0, 0.1) is 17.3 Å². The van der Waals surface area contributed by atoms with E-state index >= 15 is 0 Å². The van der Waals surface area contributed by atoms with Gasteiger partial charge in [-0.25, -0.2) is 18.4 Å². The van der Waals surface area contributed by atoms with Crippen LogP contribution in [0.4, 0.5) is 13.2 Å². The van der Waals surface area contributed by atoms with Gasteiger partial charge < -0.3 is 19.4 Å². The molecule has 9 rings (SSSR count). The number of hydrogen-bond acceptors (Lipinski definition) is 12. The third-order valence-corrected chi connectivity index (χ3v) is 15.4. The number of para-hydroxylation sites is 1. The van der Waals surface area contributed by atoms with Gasteiger partial charge in [0, 0.05) is 48.6 Å². The lowest BCUT2D eigenvalue weighted by Crippen LogP contribution is -2.46. The van der Waals surface area contributed by atoms with Gasteiger partial charge in [-0.1, -0.05) is 49.3 Å². The first-order valence-electron chi connectivity index (χ1n) is 21.4. The van der Waals surface area contributed by atoms with Gasteiger partial charge in [0.1, 0.15) is 22.9 Å². The number of sulfonamides is 1. The number of nitrogens with zero attached hydrogens (tertiary/aromatic N) is 4. The molecule has 0 bridgehead atoms. The number of amides is 3. The number of furan rings is 1. The van der Waals surface area contributed by atoms with Crippen LogP contribution in [0.2, 0.25) is 0 Å². The van der Waals surface area contributed by atoms with Gasteiger partial charge in [0.05, 0.1) is 33.8 Å². The molecule has 1 saturated heterocycles. The maximum Gasteiger partial charge on any atom is 0.416 e. The number of rotatable bonds is 9. The summed E-state index contributed by atoms with van der Waals surface area (Å²) in [6.07, 6.45) is 2.96. The summed E-state index contributed by atoms with van der Waals surface area (Å²) in [5.41, 5.74) is -0.711. The summed E-state index contributed by atoms with van der Waals surface area (Å²) in [6.45, 7) is -0.0764. The Balaban J connectivity index is 1.07. The predicted octanol–water partition coefficient (Wildman–Crippen LogP) is 7.18. The molecule has 2 saturated carbocycles. The Hall–Kier alpha value is -5.69. The highest BCUT2D eigenvalue weighted by atomic mass is 32.2. The lowest BCUT2D eigenvalue weighted by Gasteiger charge is -2.29. The number of halogens is 3. The first-order chi connectivity index (χ1) is 30.6. The number of ketones is 1. The van der Waals surface area contributed by atoms with Gasteiger partial charge in [-0.3, -0.25) is 23.9 Å². The third kappa shape index (κ3) is 8.75. The highest BCUT2D eigenvalue weighted by molar-refractivity contribution is 7.90. The van der Waals surface area contributed by atoms with Gasteiger partial charge in [0.2, 0.25) is 27.4 Å². The fourth-order valence-electron chi connectivity index (χ4n) is 8.91. The van der Waals surface area contributed by atoms with Crippen molar-refractivity contribution in [2.75, 3.05) is 13.6 Å². The monoisotopic (exact) mass is 918 g/mol. The topological polar surface area (TPSA) is 191 Å². The van der Waals surface area contributed by atoms with Gasteiger partial charge in [-0.05, 0) is 68.7 Å². The number of fused-ring (bicyclic) bond motifs is 5. The van der Waals surface area contributed by atoms with Crippen molar-refractivity contribution in [3.63, 3.8) is 0 Å². The minimum atomic E-state index is -4.56. The number of ether oxygens (including phenoxy) is 1. The lowest BCUT2D eigenvalue weighted by atomic mass is 9.90. The van der Waals surface area contributed by atoms with Crippen LogP contribution in [0.25, 0.3) is 33.5 Å². The standard InChI is InChI=1S/C45H45F3N6O8S2/c1-49-40(56)32-24-63-36(50-32)19-26-9-5-3-2-4-6-10-28-21-44(28,43(58)53-64(59,60)30-17-18-30)22-34(55)33-20-29(23-54(33)42(26)57)61-41-38-37(31-11-7-8-12-35(31)62-38)51-39(52-41)25-13-15-27(16-14-25)45(46,47)48/h6-8,10-16,24,26,28-30,33H,2-5,9,17-23H2,1H3,(H,49,56)(H,53,58)/b10-6-/t26-,28-,29-,33+,44-/m1/s1. The van der Waals surface area contributed by atoms with Crippen LogP contribution >= 0.6 is 11.3 Å². The first-order valence-corrected chi connectivity index (χ1v) is 23.8.